The molecule has 0 radical (unpaired) electrons. The van der Waals surface area contributed by atoms with E-state index in [0.717, 1.165) is 77.5 Å². The minimum absolute atomic E-state index is 0.211. The average Bonchev–Trinajstić information content (AvgIpc) is 3.40. The van der Waals surface area contributed by atoms with Crippen molar-refractivity contribution in [3.8, 4) is 33.8 Å². The lowest BCUT2D eigenvalue weighted by Crippen LogP contribution is -2.52. The lowest BCUT2D eigenvalue weighted by atomic mass is 9.83. The summed E-state index contributed by atoms with van der Waals surface area (Å²) >= 11 is 0. The smallest absolute Gasteiger partial charge is 0.216 e. The van der Waals surface area contributed by atoms with Crippen molar-refractivity contribution < 1.29 is 13.1 Å². The highest BCUT2D eigenvalue weighted by Crippen LogP contribution is 2.42. The third-order valence-electron chi connectivity index (χ3n) is 9.26. The third-order valence-corrected chi connectivity index (χ3v) is 12.4. The summed E-state index contributed by atoms with van der Waals surface area (Å²) in [7, 11) is -1.69. The van der Waals surface area contributed by atoms with Crippen LogP contribution in [0.2, 0.25) is 39.3 Å². The Morgan fingerprint density at radius 2 is 1.33 bits per heavy atom. The van der Waals surface area contributed by atoms with Gasteiger partial charge >= 0.3 is 0 Å². The Morgan fingerprint density at radius 3 is 1.90 bits per heavy atom. The van der Waals surface area contributed by atoms with Crippen LogP contribution in [0.4, 0.5) is 0 Å². The number of pyridine rings is 1. The molecule has 0 spiro atoms. The molecule has 248 valence electrons. The van der Waals surface area contributed by atoms with Gasteiger partial charge in [0, 0.05) is 32.1 Å². The Balaban J connectivity index is 1.62. The summed E-state index contributed by atoms with van der Waals surface area (Å²) < 4.78 is 34.6. The largest absolute Gasteiger partial charge is 0.455 e. The van der Waals surface area contributed by atoms with Gasteiger partial charge in [0.2, 0.25) is 5.69 Å². The van der Waals surface area contributed by atoms with Gasteiger partial charge in [0.25, 0.3) is 0 Å². The molecule has 6 aromatic rings. The van der Waals surface area contributed by atoms with Crippen LogP contribution in [0.1, 0.15) is 65.9 Å². The maximum Gasteiger partial charge on any atom is 0.216 e. The number of fused-ring (bicyclic) bond motifs is 3. The van der Waals surface area contributed by atoms with E-state index < -0.39 is 23.0 Å². The number of furan rings is 1. The van der Waals surface area contributed by atoms with Crippen molar-refractivity contribution in [1.29, 1.82) is 0 Å². The summed E-state index contributed by atoms with van der Waals surface area (Å²) in [6.07, 6.45) is 1.80. The molecule has 0 aliphatic rings. The Kier molecular flexibility index (Phi) is 7.65. The fourth-order valence-electron chi connectivity index (χ4n) is 6.54. The Morgan fingerprint density at radius 1 is 0.729 bits per heavy atom. The number of hydrogen-bond donors (Lipinski definition) is 0. The molecular weight excluding hydrogens is 621 g/mol. The zero-order chi connectivity index (χ0) is 37.4. The van der Waals surface area contributed by atoms with Crippen LogP contribution in [0.5, 0.6) is 0 Å². The van der Waals surface area contributed by atoms with Crippen molar-refractivity contribution >= 4 is 49.0 Å². The molecule has 0 saturated heterocycles. The van der Waals surface area contributed by atoms with Crippen molar-refractivity contribution in [2.75, 3.05) is 0 Å². The normalized spacial score (nSPS) is 13.8. The van der Waals surface area contributed by atoms with Crippen molar-refractivity contribution in [2.24, 2.45) is 7.05 Å². The zero-order valence-electron chi connectivity index (χ0n) is 33.6. The van der Waals surface area contributed by atoms with Crippen molar-refractivity contribution in [1.82, 2.24) is 15.0 Å². The van der Waals surface area contributed by atoms with E-state index in [9.17, 15) is 0 Å². The van der Waals surface area contributed by atoms with Gasteiger partial charge in [0.1, 0.15) is 45.3 Å². The number of benzene rings is 3. The van der Waals surface area contributed by atoms with Crippen LogP contribution in [-0.2, 0) is 7.05 Å². The summed E-state index contributed by atoms with van der Waals surface area (Å²) in [5.74, 6) is 1.12. The monoisotopic (exact) mass is 674 g/mol. The van der Waals surface area contributed by atoms with E-state index in [-0.39, 0.29) is 11.8 Å². The summed E-state index contributed by atoms with van der Waals surface area (Å²) in [5, 5.41) is 2.01. The van der Waals surface area contributed by atoms with E-state index >= 15 is 0 Å². The van der Waals surface area contributed by atoms with Crippen LogP contribution in [0, 0.1) is 13.8 Å². The zero-order valence-corrected chi connectivity index (χ0v) is 32.6. The van der Waals surface area contributed by atoms with E-state index in [1.807, 2.05) is 11.6 Å². The highest BCUT2D eigenvalue weighted by atomic mass is 28.3. The second-order valence-electron chi connectivity index (χ2n) is 16.0. The van der Waals surface area contributed by atoms with Crippen LogP contribution in [0.15, 0.2) is 65.2 Å². The maximum absolute atomic E-state index is 8.61. The van der Waals surface area contributed by atoms with Crippen molar-refractivity contribution in [2.45, 2.75) is 92.6 Å². The Bertz CT molecular complexity index is 2250. The molecule has 0 aliphatic carbocycles. The summed E-state index contributed by atoms with van der Waals surface area (Å²) in [6.45, 7) is 22.1. The SMILES string of the molecule is [2H]C([2H])([2H])c1c[n+](C)c(-c2c(C)ccc3c2oc2cc(-c4nc([Si](C)(C)C)nc([Si](C)(C)C)n4)ccc23)cc1-c1c(C(C)C)cccc1C(C)C. The third kappa shape index (κ3) is 6.07. The lowest BCUT2D eigenvalue weighted by molar-refractivity contribution is -0.660. The van der Waals surface area contributed by atoms with E-state index in [0.29, 0.717) is 11.4 Å². The molecule has 0 aliphatic heterocycles. The molecule has 0 bridgehead atoms. The van der Waals surface area contributed by atoms with Gasteiger partial charge in [-0.25, -0.2) is 19.5 Å². The van der Waals surface area contributed by atoms with Gasteiger partial charge in [-0.2, -0.15) is 0 Å². The van der Waals surface area contributed by atoms with Crippen molar-refractivity contribution in [3.05, 3.63) is 83.0 Å². The van der Waals surface area contributed by atoms with E-state index in [1.165, 1.54) is 0 Å². The summed E-state index contributed by atoms with van der Waals surface area (Å²) in [4.78, 5) is 15.0. The number of rotatable bonds is 7. The first-order valence-electron chi connectivity index (χ1n) is 18.6. The van der Waals surface area contributed by atoms with Gasteiger partial charge in [-0.15, -0.1) is 0 Å². The minimum Gasteiger partial charge on any atom is -0.455 e. The molecule has 3 heterocycles. The van der Waals surface area contributed by atoms with Gasteiger partial charge in [0.15, 0.2) is 12.0 Å². The first-order valence-corrected chi connectivity index (χ1v) is 24.1. The fourth-order valence-corrected chi connectivity index (χ4v) is 8.42. The molecule has 0 N–H and O–H groups in total. The summed E-state index contributed by atoms with van der Waals surface area (Å²) in [6, 6.07) is 19.0. The minimum atomic E-state index is -2.31. The highest BCUT2D eigenvalue weighted by Gasteiger charge is 2.29. The fraction of sp³-hybridized carbons (Fsp3) is 0.366. The maximum atomic E-state index is 8.61. The van der Waals surface area contributed by atoms with Crippen molar-refractivity contribution in [3.63, 3.8) is 0 Å². The summed E-state index contributed by atoms with van der Waals surface area (Å²) in [5.41, 5.74) is 11.6. The molecule has 0 fully saturated rings. The molecule has 0 unspecified atom stereocenters. The first-order chi connectivity index (χ1) is 23.7. The van der Waals surface area contributed by atoms with Gasteiger partial charge in [0.05, 0.1) is 5.56 Å². The molecule has 0 atom stereocenters. The molecule has 3 aromatic heterocycles. The van der Waals surface area contributed by atoms with E-state index in [1.54, 1.807) is 6.20 Å². The number of aryl methyl sites for hydroxylation is 3. The van der Waals surface area contributed by atoms with Gasteiger partial charge in [-0.05, 0) is 65.6 Å². The molecule has 3 aromatic carbocycles. The topological polar surface area (TPSA) is 55.7 Å². The first kappa shape index (κ1) is 30.1. The number of hydrogen-bond acceptors (Lipinski definition) is 4. The van der Waals surface area contributed by atoms with Gasteiger partial charge < -0.3 is 4.42 Å². The molecule has 48 heavy (non-hydrogen) atoms. The molecule has 6 rings (SSSR count). The molecule has 0 amide bonds. The molecule has 7 heteroatoms. The Labute approximate surface area is 292 Å². The van der Waals surface area contributed by atoms with Crippen LogP contribution < -0.4 is 15.5 Å². The number of nitrogens with zero attached hydrogens (tertiary/aromatic N) is 4. The van der Waals surface area contributed by atoms with Gasteiger partial charge in [-0.1, -0.05) is 103 Å². The predicted octanol–water partition coefficient (Wildman–Crippen LogP) is 9.55. The standard InChI is InChI=1S/C41H51N4OSi2/c1-24(2)29-15-14-16-30(25(3)4)37(29)33-22-34(45(7)23-27(33)6)36-26(5)17-19-32-31-20-18-28(21-35(31)46-38(32)36)39-42-40(47(8,9)10)44-41(43-39)48(11,12)13/h14-25H,1-13H3/q+1/i6D3. The van der Waals surface area contributed by atoms with Crippen LogP contribution in [0.3, 0.4) is 0 Å². The average molecular weight is 675 g/mol. The van der Waals surface area contributed by atoms with Gasteiger partial charge in [-0.3, -0.25) is 0 Å². The van der Waals surface area contributed by atoms with Crippen LogP contribution in [0.25, 0.3) is 55.7 Å². The lowest BCUT2D eigenvalue weighted by Gasteiger charge is -2.21. The molecule has 5 nitrogen and oxygen atoms in total. The quantitative estimate of drug-likeness (QED) is 0.125. The molecular formula is C41H51N4OSi2+. The predicted molar refractivity (Wildman–Crippen MR) is 208 cm³/mol. The van der Waals surface area contributed by atoms with E-state index in [2.05, 4.69) is 128 Å². The Hall–Kier alpha value is -3.95. The van der Waals surface area contributed by atoms with Crippen LogP contribution in [-0.4, -0.2) is 31.1 Å². The highest BCUT2D eigenvalue weighted by molar-refractivity contribution is 6.89. The van der Waals surface area contributed by atoms with E-state index in [4.69, 9.17) is 23.5 Å². The number of aromatic nitrogens is 4. The second-order valence-corrected chi connectivity index (χ2v) is 25.9. The molecule has 0 saturated carbocycles. The second kappa shape index (κ2) is 12.2. The van der Waals surface area contributed by atoms with Crippen LogP contribution >= 0.6 is 0 Å².